The Labute approximate surface area is 125 Å². The van der Waals surface area contributed by atoms with Crippen LogP contribution in [0, 0.1) is 0 Å². The van der Waals surface area contributed by atoms with Crippen LogP contribution in [0.4, 0.5) is 5.95 Å². The predicted molar refractivity (Wildman–Crippen MR) is 78.4 cm³/mol. The number of carbonyl (C=O) groups excluding carboxylic acids is 1. The topological polar surface area (TPSA) is 110 Å². The zero-order valence-corrected chi connectivity index (χ0v) is 12.4. The Hall–Kier alpha value is -2.97. The Balaban J connectivity index is 2.17. The summed E-state index contributed by atoms with van der Waals surface area (Å²) in [4.78, 5) is 19.7. The first-order chi connectivity index (χ1) is 10.5. The molecule has 0 saturated heterocycles. The monoisotopic (exact) mass is 301 g/mol. The van der Waals surface area contributed by atoms with Crippen LogP contribution in [0.15, 0.2) is 18.6 Å². The maximum Gasteiger partial charge on any atom is 0.249 e. The molecule has 0 aliphatic heterocycles. The number of ether oxygens (including phenoxy) is 1. The third kappa shape index (κ3) is 2.60. The highest BCUT2D eigenvalue weighted by atomic mass is 16.5. The first-order valence-corrected chi connectivity index (χ1v) is 6.73. The van der Waals surface area contributed by atoms with Crippen LogP contribution in [0.1, 0.15) is 20.8 Å². The number of nitrogens with zero attached hydrogens (tertiary/aromatic N) is 5. The van der Waals surface area contributed by atoms with E-state index in [9.17, 15) is 4.79 Å². The molecule has 3 heterocycles. The molecule has 0 spiro atoms. The molecule has 22 heavy (non-hydrogen) atoms. The Kier molecular flexibility index (Phi) is 3.45. The number of hydrogen-bond donors (Lipinski definition) is 2. The van der Waals surface area contributed by atoms with Gasteiger partial charge in [0, 0.05) is 18.7 Å². The molecular weight excluding hydrogens is 286 g/mol. The Bertz CT molecular complexity index is 807. The summed E-state index contributed by atoms with van der Waals surface area (Å²) >= 11 is 0. The van der Waals surface area contributed by atoms with Crippen LogP contribution >= 0.6 is 0 Å². The van der Waals surface area contributed by atoms with Crippen LogP contribution < -0.4 is 10.1 Å². The number of carbonyl (C=O) groups is 1. The largest absolute Gasteiger partial charge is 0.473 e. The van der Waals surface area contributed by atoms with Crippen LogP contribution in [0.25, 0.3) is 16.9 Å². The molecule has 0 radical (unpaired) electrons. The lowest BCUT2D eigenvalue weighted by atomic mass is 10.2. The molecule has 0 saturated carbocycles. The average Bonchev–Trinajstić information content (AvgIpc) is 3.06. The highest BCUT2D eigenvalue weighted by molar-refractivity contribution is 5.86. The van der Waals surface area contributed by atoms with Crippen LogP contribution in [0.5, 0.6) is 5.88 Å². The fourth-order valence-corrected chi connectivity index (χ4v) is 1.95. The van der Waals surface area contributed by atoms with Crippen molar-refractivity contribution in [2.24, 2.45) is 0 Å². The van der Waals surface area contributed by atoms with E-state index in [1.807, 2.05) is 13.8 Å². The Morgan fingerprint density at radius 3 is 2.86 bits per heavy atom. The van der Waals surface area contributed by atoms with E-state index in [4.69, 9.17) is 4.74 Å². The lowest BCUT2D eigenvalue weighted by Gasteiger charge is -2.13. The first kappa shape index (κ1) is 14.0. The maximum absolute atomic E-state index is 11.1. The van der Waals surface area contributed by atoms with Crippen molar-refractivity contribution in [2.45, 2.75) is 26.9 Å². The minimum atomic E-state index is -0.245. The lowest BCUT2D eigenvalue weighted by molar-refractivity contribution is -0.114. The number of anilines is 1. The van der Waals surface area contributed by atoms with Gasteiger partial charge in [0.1, 0.15) is 5.69 Å². The fourth-order valence-electron chi connectivity index (χ4n) is 1.95. The molecule has 3 rings (SSSR count). The van der Waals surface area contributed by atoms with E-state index in [2.05, 4.69) is 30.6 Å². The van der Waals surface area contributed by atoms with Gasteiger partial charge in [-0.1, -0.05) is 0 Å². The molecule has 0 fully saturated rings. The number of fused-ring (bicyclic) bond motifs is 1. The van der Waals surface area contributed by atoms with Crippen LogP contribution in [0.3, 0.4) is 0 Å². The molecule has 2 N–H and O–H groups in total. The minimum Gasteiger partial charge on any atom is -0.473 e. The highest BCUT2D eigenvalue weighted by Gasteiger charge is 2.18. The van der Waals surface area contributed by atoms with Crippen molar-refractivity contribution in [2.75, 3.05) is 5.32 Å². The fraction of sp³-hybridized carbons (Fsp3) is 0.308. The number of nitrogens with one attached hydrogen (secondary N) is 2. The summed E-state index contributed by atoms with van der Waals surface area (Å²) in [6, 6.07) is 0. The molecule has 3 aromatic heterocycles. The first-order valence-electron chi connectivity index (χ1n) is 6.73. The van der Waals surface area contributed by atoms with Gasteiger partial charge in [-0.05, 0) is 13.8 Å². The maximum atomic E-state index is 11.1. The summed E-state index contributed by atoms with van der Waals surface area (Å²) in [6.07, 6.45) is 4.85. The molecule has 3 aromatic rings. The molecule has 114 valence electrons. The average molecular weight is 301 g/mol. The number of aromatic amines is 1. The highest BCUT2D eigenvalue weighted by Crippen LogP contribution is 2.28. The van der Waals surface area contributed by atoms with Gasteiger partial charge >= 0.3 is 0 Å². The number of aromatic nitrogens is 6. The molecule has 1 amide bonds. The summed E-state index contributed by atoms with van der Waals surface area (Å²) < 4.78 is 7.36. The van der Waals surface area contributed by atoms with Crippen LogP contribution in [0.2, 0.25) is 0 Å². The van der Waals surface area contributed by atoms with Crippen molar-refractivity contribution < 1.29 is 9.53 Å². The summed E-state index contributed by atoms with van der Waals surface area (Å²) in [5.74, 6) is 0.399. The summed E-state index contributed by atoms with van der Waals surface area (Å²) in [5, 5.41) is 13.5. The second kappa shape index (κ2) is 5.43. The SMILES string of the molecule is CC(=O)Nc1nc2cnc(-c3cn[nH]c3)c(OC(C)C)n2n1. The quantitative estimate of drug-likeness (QED) is 0.750. The van der Waals surface area contributed by atoms with Crippen molar-refractivity contribution in [3.8, 4) is 17.1 Å². The number of hydrogen-bond acceptors (Lipinski definition) is 6. The molecule has 0 atom stereocenters. The van der Waals surface area contributed by atoms with E-state index in [0.29, 0.717) is 17.2 Å². The zero-order valence-electron chi connectivity index (χ0n) is 12.4. The van der Waals surface area contributed by atoms with Crippen molar-refractivity contribution >= 4 is 17.5 Å². The lowest BCUT2D eigenvalue weighted by Crippen LogP contribution is -2.12. The normalized spacial score (nSPS) is 11.1. The third-order valence-electron chi connectivity index (χ3n) is 2.74. The van der Waals surface area contributed by atoms with E-state index in [1.54, 1.807) is 18.6 Å². The second-order valence-corrected chi connectivity index (χ2v) is 4.95. The van der Waals surface area contributed by atoms with Crippen molar-refractivity contribution in [1.29, 1.82) is 0 Å². The predicted octanol–water partition coefficient (Wildman–Crippen LogP) is 1.26. The van der Waals surface area contributed by atoms with E-state index >= 15 is 0 Å². The molecular formula is C13H15N7O2. The van der Waals surface area contributed by atoms with E-state index < -0.39 is 0 Å². The van der Waals surface area contributed by atoms with E-state index in [-0.39, 0.29) is 18.0 Å². The molecule has 9 heteroatoms. The molecule has 0 aliphatic carbocycles. The Morgan fingerprint density at radius 2 is 2.23 bits per heavy atom. The van der Waals surface area contributed by atoms with Crippen molar-refractivity contribution in [1.82, 2.24) is 29.8 Å². The van der Waals surface area contributed by atoms with Gasteiger partial charge in [0.2, 0.25) is 17.7 Å². The van der Waals surface area contributed by atoms with Gasteiger partial charge in [-0.15, -0.1) is 5.10 Å². The van der Waals surface area contributed by atoms with E-state index in [0.717, 1.165) is 5.56 Å². The molecule has 0 aliphatic rings. The smallest absolute Gasteiger partial charge is 0.249 e. The van der Waals surface area contributed by atoms with Gasteiger partial charge in [0.15, 0.2) is 5.65 Å². The van der Waals surface area contributed by atoms with Gasteiger partial charge < -0.3 is 4.74 Å². The van der Waals surface area contributed by atoms with Gasteiger partial charge in [-0.2, -0.15) is 14.6 Å². The number of amides is 1. The van der Waals surface area contributed by atoms with Crippen molar-refractivity contribution in [3.05, 3.63) is 18.6 Å². The van der Waals surface area contributed by atoms with Gasteiger partial charge in [0.25, 0.3) is 0 Å². The number of H-pyrrole nitrogens is 1. The van der Waals surface area contributed by atoms with Crippen LogP contribution in [-0.2, 0) is 4.79 Å². The summed E-state index contributed by atoms with van der Waals surface area (Å²) in [7, 11) is 0. The molecule has 9 nitrogen and oxygen atoms in total. The number of rotatable bonds is 4. The molecule has 0 aromatic carbocycles. The standard InChI is InChI=1S/C13H15N7O2/c1-7(2)22-12-11(9-4-15-16-5-9)14-6-10-18-13(17-8(3)21)19-20(10)12/h4-7H,1-3H3,(H,15,16)(H,17,19,21). The van der Waals surface area contributed by atoms with Gasteiger partial charge in [-0.3, -0.25) is 15.2 Å². The van der Waals surface area contributed by atoms with Gasteiger partial charge in [-0.25, -0.2) is 4.98 Å². The van der Waals surface area contributed by atoms with Crippen LogP contribution in [-0.4, -0.2) is 41.8 Å². The van der Waals surface area contributed by atoms with E-state index in [1.165, 1.54) is 11.4 Å². The third-order valence-corrected chi connectivity index (χ3v) is 2.74. The van der Waals surface area contributed by atoms with Gasteiger partial charge in [0.05, 0.1) is 18.5 Å². The second-order valence-electron chi connectivity index (χ2n) is 4.95. The molecule has 0 unspecified atom stereocenters. The summed E-state index contributed by atoms with van der Waals surface area (Å²) in [6.45, 7) is 5.21. The Morgan fingerprint density at radius 1 is 1.41 bits per heavy atom. The summed E-state index contributed by atoms with van der Waals surface area (Å²) in [5.41, 5.74) is 1.84. The molecule has 0 bridgehead atoms. The minimum absolute atomic E-state index is 0.0773. The van der Waals surface area contributed by atoms with Crippen molar-refractivity contribution in [3.63, 3.8) is 0 Å². The zero-order chi connectivity index (χ0) is 15.7.